The summed E-state index contributed by atoms with van der Waals surface area (Å²) in [7, 11) is 0. The minimum atomic E-state index is -2.52. The van der Waals surface area contributed by atoms with Gasteiger partial charge in [-0.3, -0.25) is 9.59 Å². The third-order valence-corrected chi connectivity index (χ3v) is 4.06. The van der Waals surface area contributed by atoms with Gasteiger partial charge < -0.3 is 15.0 Å². The normalized spacial score (nSPS) is 25.6. The molecule has 2 amide bonds. The lowest BCUT2D eigenvalue weighted by Crippen LogP contribution is -2.69. The van der Waals surface area contributed by atoms with Crippen molar-refractivity contribution in [2.24, 2.45) is 0 Å². The Kier molecular flexibility index (Phi) is 4.57. The number of piperazine rings is 1. The van der Waals surface area contributed by atoms with Crippen LogP contribution in [0.25, 0.3) is 0 Å². The average molecular weight is 290 g/mol. The van der Waals surface area contributed by atoms with Crippen LogP contribution in [0.15, 0.2) is 0 Å². The number of hydrogen-bond acceptors (Lipinski definition) is 3. The van der Waals surface area contributed by atoms with Crippen molar-refractivity contribution in [1.82, 2.24) is 10.2 Å². The van der Waals surface area contributed by atoms with Crippen LogP contribution < -0.4 is 5.32 Å². The second-order valence-corrected chi connectivity index (χ2v) is 5.42. The molecule has 1 saturated carbocycles. The highest BCUT2D eigenvalue weighted by Gasteiger charge is 2.50. The molecule has 20 heavy (non-hydrogen) atoms. The first kappa shape index (κ1) is 15.2. The summed E-state index contributed by atoms with van der Waals surface area (Å²) in [5.74, 6) is -0.289. The molecule has 1 spiro atoms. The van der Waals surface area contributed by atoms with E-state index in [2.05, 4.69) is 5.32 Å². The molecule has 1 N–H and O–H groups in total. The van der Waals surface area contributed by atoms with E-state index in [9.17, 15) is 18.4 Å². The highest BCUT2D eigenvalue weighted by atomic mass is 19.3. The smallest absolute Gasteiger partial charge is 0.261 e. The van der Waals surface area contributed by atoms with Crippen LogP contribution in [0.4, 0.5) is 8.78 Å². The monoisotopic (exact) mass is 290 g/mol. The number of carbonyl (C=O) groups is 2. The van der Waals surface area contributed by atoms with Crippen LogP contribution in [0.1, 0.15) is 32.6 Å². The molecular weight excluding hydrogens is 270 g/mol. The van der Waals surface area contributed by atoms with E-state index in [0.717, 1.165) is 12.8 Å². The third-order valence-electron chi connectivity index (χ3n) is 4.06. The van der Waals surface area contributed by atoms with Crippen molar-refractivity contribution in [1.29, 1.82) is 0 Å². The number of halogens is 2. The van der Waals surface area contributed by atoms with Crippen LogP contribution in [0.3, 0.4) is 0 Å². The molecule has 0 radical (unpaired) electrons. The predicted octanol–water partition coefficient (Wildman–Crippen LogP) is 0.928. The highest BCUT2D eigenvalue weighted by molar-refractivity contribution is 5.99. The van der Waals surface area contributed by atoms with Crippen molar-refractivity contribution >= 4 is 11.8 Å². The predicted molar refractivity (Wildman–Crippen MR) is 67.3 cm³/mol. The Morgan fingerprint density at radius 3 is 2.65 bits per heavy atom. The molecule has 1 aliphatic heterocycles. The van der Waals surface area contributed by atoms with Crippen LogP contribution in [0, 0.1) is 0 Å². The number of ether oxygens (including phenoxy) is 1. The zero-order valence-electron chi connectivity index (χ0n) is 11.5. The summed E-state index contributed by atoms with van der Waals surface area (Å²) in [6.45, 7) is 1.18. The lowest BCUT2D eigenvalue weighted by molar-refractivity contribution is -0.155. The van der Waals surface area contributed by atoms with Gasteiger partial charge in [0, 0.05) is 6.54 Å². The molecule has 0 bridgehead atoms. The molecule has 0 aromatic carbocycles. The standard InChI is InChI=1S/C13H20F2N2O3/c1-9-11(18)16-13(4-2-3-5-13)12(19)17(9)6-7-20-8-10(14)15/h9-10H,2-8H2,1H3,(H,16,18). The maximum atomic E-state index is 12.5. The first-order valence-corrected chi connectivity index (χ1v) is 6.95. The van der Waals surface area contributed by atoms with Gasteiger partial charge in [0.25, 0.3) is 6.43 Å². The Balaban J connectivity index is 1.97. The topological polar surface area (TPSA) is 58.6 Å². The fourth-order valence-corrected chi connectivity index (χ4v) is 2.93. The van der Waals surface area contributed by atoms with E-state index in [1.54, 1.807) is 6.92 Å². The molecule has 114 valence electrons. The quantitative estimate of drug-likeness (QED) is 0.766. The summed E-state index contributed by atoms with van der Waals surface area (Å²) in [4.78, 5) is 26.0. The fraction of sp³-hybridized carbons (Fsp3) is 0.846. The summed E-state index contributed by atoms with van der Waals surface area (Å²) < 4.78 is 28.8. The van der Waals surface area contributed by atoms with Gasteiger partial charge in [-0.2, -0.15) is 0 Å². The molecule has 2 rings (SSSR count). The molecular formula is C13H20F2N2O3. The van der Waals surface area contributed by atoms with Crippen molar-refractivity contribution < 1.29 is 23.1 Å². The SMILES string of the molecule is CC1C(=O)NC2(CCCC2)C(=O)N1CCOCC(F)F. The molecule has 1 aliphatic carbocycles. The molecule has 5 nitrogen and oxygen atoms in total. The summed E-state index contributed by atoms with van der Waals surface area (Å²) in [6.07, 6.45) is 0.609. The Morgan fingerprint density at radius 2 is 2.05 bits per heavy atom. The van der Waals surface area contributed by atoms with E-state index >= 15 is 0 Å². The highest BCUT2D eigenvalue weighted by Crippen LogP contribution is 2.34. The summed E-state index contributed by atoms with van der Waals surface area (Å²) in [5, 5.41) is 2.84. The Labute approximate surface area is 116 Å². The van der Waals surface area contributed by atoms with Gasteiger partial charge in [-0.25, -0.2) is 8.78 Å². The Morgan fingerprint density at radius 1 is 1.40 bits per heavy atom. The number of amides is 2. The molecule has 1 unspecified atom stereocenters. The molecule has 1 saturated heterocycles. The number of carbonyl (C=O) groups excluding carboxylic acids is 2. The maximum absolute atomic E-state index is 12.5. The van der Waals surface area contributed by atoms with Gasteiger partial charge in [0.15, 0.2) is 0 Å². The van der Waals surface area contributed by atoms with E-state index in [-0.39, 0.29) is 25.0 Å². The first-order valence-electron chi connectivity index (χ1n) is 6.95. The van der Waals surface area contributed by atoms with E-state index in [4.69, 9.17) is 4.74 Å². The van der Waals surface area contributed by atoms with E-state index < -0.39 is 24.6 Å². The van der Waals surface area contributed by atoms with Gasteiger partial charge >= 0.3 is 0 Å². The van der Waals surface area contributed by atoms with Gasteiger partial charge in [0.1, 0.15) is 18.2 Å². The molecule has 1 heterocycles. The van der Waals surface area contributed by atoms with Crippen LogP contribution in [0.5, 0.6) is 0 Å². The number of hydrogen-bond donors (Lipinski definition) is 1. The van der Waals surface area contributed by atoms with Crippen LogP contribution >= 0.6 is 0 Å². The summed E-state index contributed by atoms with van der Waals surface area (Å²) >= 11 is 0. The minimum absolute atomic E-state index is 0.0176. The lowest BCUT2D eigenvalue weighted by atomic mass is 9.91. The van der Waals surface area contributed by atoms with Gasteiger partial charge in [-0.05, 0) is 19.8 Å². The fourth-order valence-electron chi connectivity index (χ4n) is 2.93. The minimum Gasteiger partial charge on any atom is -0.374 e. The Bertz CT molecular complexity index is 384. The number of rotatable bonds is 5. The van der Waals surface area contributed by atoms with Gasteiger partial charge in [-0.15, -0.1) is 0 Å². The summed E-state index contributed by atoms with van der Waals surface area (Å²) in [6, 6.07) is -0.580. The summed E-state index contributed by atoms with van der Waals surface area (Å²) in [5.41, 5.74) is -0.772. The van der Waals surface area contributed by atoms with Crippen molar-refractivity contribution in [3.63, 3.8) is 0 Å². The van der Waals surface area contributed by atoms with Crippen molar-refractivity contribution in [2.45, 2.75) is 50.6 Å². The van der Waals surface area contributed by atoms with Crippen LogP contribution in [0.2, 0.25) is 0 Å². The molecule has 2 aliphatic rings. The average Bonchev–Trinajstić information content (AvgIpc) is 2.85. The van der Waals surface area contributed by atoms with Crippen molar-refractivity contribution in [3.8, 4) is 0 Å². The number of nitrogens with zero attached hydrogens (tertiary/aromatic N) is 1. The van der Waals surface area contributed by atoms with E-state index in [0.29, 0.717) is 12.8 Å². The van der Waals surface area contributed by atoms with Crippen LogP contribution in [-0.4, -0.2) is 54.5 Å². The van der Waals surface area contributed by atoms with Crippen LogP contribution in [-0.2, 0) is 14.3 Å². The number of nitrogens with one attached hydrogen (secondary N) is 1. The zero-order valence-corrected chi connectivity index (χ0v) is 11.5. The zero-order chi connectivity index (χ0) is 14.8. The molecule has 0 aromatic rings. The molecule has 0 aromatic heterocycles. The lowest BCUT2D eigenvalue weighted by Gasteiger charge is -2.43. The molecule has 2 fully saturated rings. The Hall–Kier alpha value is -1.24. The van der Waals surface area contributed by atoms with Crippen molar-refractivity contribution in [3.05, 3.63) is 0 Å². The van der Waals surface area contributed by atoms with Gasteiger partial charge in [0.05, 0.1) is 6.61 Å². The molecule has 1 atom stereocenters. The van der Waals surface area contributed by atoms with Gasteiger partial charge in [-0.1, -0.05) is 12.8 Å². The molecule has 7 heteroatoms. The number of alkyl halides is 2. The second-order valence-electron chi connectivity index (χ2n) is 5.42. The maximum Gasteiger partial charge on any atom is 0.261 e. The first-order chi connectivity index (χ1) is 9.46. The largest absolute Gasteiger partial charge is 0.374 e. The third kappa shape index (κ3) is 2.92. The second kappa shape index (κ2) is 6.03. The van der Waals surface area contributed by atoms with Gasteiger partial charge in [0.2, 0.25) is 11.8 Å². The van der Waals surface area contributed by atoms with Crippen molar-refractivity contribution in [2.75, 3.05) is 19.8 Å². The van der Waals surface area contributed by atoms with E-state index in [1.807, 2.05) is 0 Å². The van der Waals surface area contributed by atoms with E-state index in [1.165, 1.54) is 4.90 Å².